The van der Waals surface area contributed by atoms with Gasteiger partial charge in [-0.1, -0.05) is 6.92 Å². The fraction of sp³-hybridized carbons (Fsp3) is 0.417. The molecule has 174 valence electrons. The molecule has 1 saturated heterocycles. The zero-order chi connectivity index (χ0) is 23.3. The summed E-state index contributed by atoms with van der Waals surface area (Å²) in [6.07, 6.45) is 11.0. The first-order valence-corrected chi connectivity index (χ1v) is 11.6. The zero-order valence-corrected chi connectivity index (χ0v) is 18.9. The highest BCUT2D eigenvalue weighted by atomic mass is 16.3. The molecule has 10 nitrogen and oxygen atoms in total. The summed E-state index contributed by atoms with van der Waals surface area (Å²) < 4.78 is 1.74. The van der Waals surface area contributed by atoms with E-state index in [4.69, 9.17) is 4.98 Å². The third kappa shape index (κ3) is 3.83. The van der Waals surface area contributed by atoms with Gasteiger partial charge in [0.1, 0.15) is 11.4 Å². The number of aliphatic hydroxyl groups excluding tert-OH is 1. The lowest BCUT2D eigenvalue weighted by atomic mass is 9.99. The van der Waals surface area contributed by atoms with E-state index in [2.05, 4.69) is 38.4 Å². The average Bonchev–Trinajstić information content (AvgIpc) is 3.23. The molecule has 2 atom stereocenters. The number of aliphatic imine (C=N–C) groups is 1. The molecule has 34 heavy (non-hydrogen) atoms. The molecule has 2 aliphatic heterocycles. The van der Waals surface area contributed by atoms with Gasteiger partial charge in [0.2, 0.25) is 5.95 Å². The Labute approximate surface area is 196 Å². The molecule has 3 aromatic rings. The average molecular weight is 459 g/mol. The van der Waals surface area contributed by atoms with Gasteiger partial charge in [0.05, 0.1) is 30.8 Å². The minimum atomic E-state index is -0.639. The van der Waals surface area contributed by atoms with Gasteiger partial charge in [-0.25, -0.2) is 4.52 Å². The maximum absolute atomic E-state index is 13.1. The Balaban J connectivity index is 1.29. The summed E-state index contributed by atoms with van der Waals surface area (Å²) in [6, 6.07) is 3.30. The van der Waals surface area contributed by atoms with Crippen molar-refractivity contribution in [3.63, 3.8) is 0 Å². The predicted molar refractivity (Wildman–Crippen MR) is 127 cm³/mol. The molecule has 0 radical (unpaired) electrons. The third-order valence-corrected chi connectivity index (χ3v) is 7.01. The van der Waals surface area contributed by atoms with E-state index in [9.17, 15) is 9.90 Å². The Hall–Kier alpha value is -3.66. The van der Waals surface area contributed by atoms with Gasteiger partial charge in [-0.15, -0.1) is 5.10 Å². The highest BCUT2D eigenvalue weighted by Crippen LogP contribution is 2.52. The molecule has 1 saturated carbocycles. The molecule has 0 spiro atoms. The zero-order valence-electron chi connectivity index (χ0n) is 18.9. The molecule has 6 rings (SSSR count). The van der Waals surface area contributed by atoms with Gasteiger partial charge in [-0.2, -0.15) is 4.98 Å². The van der Waals surface area contributed by atoms with Crippen LogP contribution in [0.1, 0.15) is 31.9 Å². The molecule has 2 N–H and O–H groups in total. The number of rotatable bonds is 6. The van der Waals surface area contributed by atoms with Crippen molar-refractivity contribution in [2.75, 3.05) is 23.3 Å². The molecule has 10 heteroatoms. The molecule has 0 bridgehead atoms. The minimum absolute atomic E-state index is 0.0480. The Bertz CT molecular complexity index is 1310. The lowest BCUT2D eigenvalue weighted by Gasteiger charge is -2.24. The predicted octanol–water partition coefficient (Wildman–Crippen LogP) is 1.82. The second kappa shape index (κ2) is 7.98. The number of carbonyl (C=O) groups excluding carboxylic acids is 1. The van der Waals surface area contributed by atoms with Crippen LogP contribution >= 0.6 is 0 Å². The van der Waals surface area contributed by atoms with Crippen LogP contribution in [0.2, 0.25) is 0 Å². The second-order valence-electron chi connectivity index (χ2n) is 9.55. The molecule has 5 heterocycles. The number of anilines is 2. The Morgan fingerprint density at radius 2 is 2.21 bits per heavy atom. The van der Waals surface area contributed by atoms with Crippen LogP contribution in [0.3, 0.4) is 0 Å². The molecular weight excluding hydrogens is 432 g/mol. The topological polar surface area (TPSA) is 121 Å². The van der Waals surface area contributed by atoms with E-state index in [-0.39, 0.29) is 24.2 Å². The van der Waals surface area contributed by atoms with E-state index >= 15 is 0 Å². The fourth-order valence-electron chi connectivity index (χ4n) is 4.69. The van der Waals surface area contributed by atoms with E-state index in [0.29, 0.717) is 30.4 Å². The maximum Gasteiger partial charge on any atom is 0.246 e. The standard InChI is InChI=1S/C24H26N8O2/c1-24(4-5-24)15-9-21(27-12-15)28-22-18-3-2-8-32(18)30-23(29-22)31-14-17(33)11-19(31)20(34)10-16-13-25-6-7-26-16/h2-3,6-9,13,17,19,33H,4-5,10-12,14H2,1H3,(H,27,28,29,30)/t17-,19-/m0/s1. The first-order valence-electron chi connectivity index (χ1n) is 11.6. The van der Waals surface area contributed by atoms with Crippen molar-refractivity contribution >= 4 is 28.9 Å². The maximum atomic E-state index is 13.1. The van der Waals surface area contributed by atoms with Crippen molar-refractivity contribution in [1.82, 2.24) is 24.6 Å². The number of carbonyl (C=O) groups is 1. The van der Waals surface area contributed by atoms with Crippen LogP contribution in [0.5, 0.6) is 0 Å². The number of nitrogens with zero attached hydrogens (tertiary/aromatic N) is 7. The Kier molecular flexibility index (Phi) is 4.91. The summed E-state index contributed by atoms with van der Waals surface area (Å²) in [5.74, 6) is 1.74. The van der Waals surface area contributed by atoms with Crippen molar-refractivity contribution in [3.05, 3.63) is 54.3 Å². The summed E-state index contributed by atoms with van der Waals surface area (Å²) in [5.41, 5.74) is 3.06. The van der Waals surface area contributed by atoms with Crippen molar-refractivity contribution < 1.29 is 9.90 Å². The number of amidine groups is 1. The van der Waals surface area contributed by atoms with Crippen molar-refractivity contribution in [3.8, 4) is 0 Å². The van der Waals surface area contributed by atoms with Gasteiger partial charge in [0.15, 0.2) is 11.6 Å². The Morgan fingerprint density at radius 1 is 1.32 bits per heavy atom. The number of aliphatic hydroxyl groups is 1. The van der Waals surface area contributed by atoms with Crippen LogP contribution in [-0.2, 0) is 11.2 Å². The van der Waals surface area contributed by atoms with Crippen LogP contribution in [-0.4, -0.2) is 66.5 Å². The minimum Gasteiger partial charge on any atom is -0.391 e. The van der Waals surface area contributed by atoms with Crippen LogP contribution < -0.4 is 10.2 Å². The van der Waals surface area contributed by atoms with Crippen molar-refractivity contribution in [2.45, 2.75) is 44.8 Å². The number of fused-ring (bicyclic) bond motifs is 1. The Morgan fingerprint density at radius 3 is 3.00 bits per heavy atom. The molecule has 2 fully saturated rings. The van der Waals surface area contributed by atoms with Crippen LogP contribution in [0.4, 0.5) is 11.8 Å². The lowest BCUT2D eigenvalue weighted by Crippen LogP contribution is -2.38. The summed E-state index contributed by atoms with van der Waals surface area (Å²) >= 11 is 0. The number of hydrogen-bond donors (Lipinski definition) is 2. The molecule has 3 aliphatic rings. The normalized spacial score (nSPS) is 23.2. The summed E-state index contributed by atoms with van der Waals surface area (Å²) in [6.45, 7) is 3.28. The van der Waals surface area contributed by atoms with Gasteiger partial charge in [0.25, 0.3) is 0 Å². The van der Waals surface area contributed by atoms with E-state index in [1.807, 2.05) is 18.3 Å². The molecule has 0 unspecified atom stereocenters. The molecular formula is C24H26N8O2. The van der Waals surface area contributed by atoms with Crippen molar-refractivity contribution in [2.24, 2.45) is 10.4 Å². The first kappa shape index (κ1) is 20.9. The summed E-state index contributed by atoms with van der Waals surface area (Å²) in [7, 11) is 0. The number of ketones is 1. The molecule has 0 amide bonds. The first-order chi connectivity index (χ1) is 16.5. The number of hydrogen-bond acceptors (Lipinski definition) is 9. The second-order valence-corrected chi connectivity index (χ2v) is 9.55. The van der Waals surface area contributed by atoms with Crippen LogP contribution in [0.15, 0.2) is 53.6 Å². The van der Waals surface area contributed by atoms with E-state index in [0.717, 1.165) is 11.4 Å². The fourth-order valence-corrected chi connectivity index (χ4v) is 4.69. The van der Waals surface area contributed by atoms with Crippen LogP contribution in [0.25, 0.3) is 5.52 Å². The number of aromatic nitrogens is 5. The summed E-state index contributed by atoms with van der Waals surface area (Å²) in [4.78, 5) is 32.6. The smallest absolute Gasteiger partial charge is 0.246 e. The van der Waals surface area contributed by atoms with Crippen molar-refractivity contribution in [1.29, 1.82) is 0 Å². The number of β-amino-alcohol motifs (C(OH)–C–C–N with tert-alkyl or cyclic N) is 1. The monoisotopic (exact) mass is 458 g/mol. The lowest BCUT2D eigenvalue weighted by molar-refractivity contribution is -0.119. The number of nitrogens with one attached hydrogen (secondary N) is 1. The van der Waals surface area contributed by atoms with E-state index in [1.54, 1.807) is 28.0 Å². The number of Topliss-reactive ketones (excluding diaryl/α,β-unsaturated/α-hetero) is 1. The third-order valence-electron chi connectivity index (χ3n) is 7.01. The highest BCUT2D eigenvalue weighted by molar-refractivity contribution is 6.07. The van der Waals surface area contributed by atoms with Gasteiger partial charge < -0.3 is 15.3 Å². The molecule has 3 aromatic heterocycles. The summed E-state index contributed by atoms with van der Waals surface area (Å²) in [5, 5.41) is 18.4. The van der Waals surface area contributed by atoms with Gasteiger partial charge in [-0.05, 0) is 42.0 Å². The van der Waals surface area contributed by atoms with Gasteiger partial charge >= 0.3 is 0 Å². The highest BCUT2D eigenvalue weighted by Gasteiger charge is 2.42. The largest absolute Gasteiger partial charge is 0.391 e. The van der Waals surface area contributed by atoms with Gasteiger partial charge in [0, 0.05) is 37.8 Å². The van der Waals surface area contributed by atoms with Crippen LogP contribution in [0, 0.1) is 5.41 Å². The molecule has 0 aromatic carbocycles. The molecule has 1 aliphatic carbocycles. The SMILES string of the molecule is CC1(C2=CC(Nc3nc(N4C[C@@H](O)C[C@H]4C(=O)Cc4cnccn4)nn4cccc34)=NC2)CC1. The quantitative estimate of drug-likeness (QED) is 0.574. The van der Waals surface area contributed by atoms with Gasteiger partial charge in [-0.3, -0.25) is 19.8 Å². The van der Waals surface area contributed by atoms with E-state index in [1.165, 1.54) is 18.4 Å². The van der Waals surface area contributed by atoms with E-state index < -0.39 is 12.1 Å².